The highest BCUT2D eigenvalue weighted by molar-refractivity contribution is 8.00. The maximum absolute atomic E-state index is 12.4. The number of benzene rings is 2. The Hall–Kier alpha value is -2.94. The SMILES string of the molecule is C[C@@H](NC(=O)c1cc([N+](=O)[O-])cc([N+](=O)[O-])c1)[C@@H](C)Sc1ccccc1. The third-order valence-corrected chi connectivity index (χ3v) is 5.04. The van der Waals surface area contributed by atoms with Gasteiger partial charge < -0.3 is 5.32 Å². The van der Waals surface area contributed by atoms with Gasteiger partial charge in [0, 0.05) is 28.3 Å². The Labute approximate surface area is 153 Å². The highest BCUT2D eigenvalue weighted by atomic mass is 32.2. The van der Waals surface area contributed by atoms with Crippen molar-refractivity contribution in [1.82, 2.24) is 5.32 Å². The summed E-state index contributed by atoms with van der Waals surface area (Å²) < 4.78 is 0. The van der Waals surface area contributed by atoms with Crippen LogP contribution in [-0.4, -0.2) is 27.0 Å². The number of hydrogen-bond acceptors (Lipinski definition) is 6. The number of nitro benzene ring substituents is 2. The molecule has 0 unspecified atom stereocenters. The van der Waals surface area contributed by atoms with E-state index < -0.39 is 27.1 Å². The van der Waals surface area contributed by atoms with Crippen molar-refractivity contribution in [3.05, 3.63) is 74.3 Å². The molecule has 0 fully saturated rings. The van der Waals surface area contributed by atoms with Crippen LogP contribution in [0.4, 0.5) is 11.4 Å². The van der Waals surface area contributed by atoms with Crippen LogP contribution in [0.2, 0.25) is 0 Å². The van der Waals surface area contributed by atoms with Gasteiger partial charge in [-0.2, -0.15) is 0 Å². The van der Waals surface area contributed by atoms with E-state index in [4.69, 9.17) is 0 Å². The van der Waals surface area contributed by atoms with E-state index in [-0.39, 0.29) is 16.9 Å². The number of hydrogen-bond donors (Lipinski definition) is 1. The summed E-state index contributed by atoms with van der Waals surface area (Å²) in [5.41, 5.74) is -1.11. The smallest absolute Gasteiger partial charge is 0.277 e. The van der Waals surface area contributed by atoms with Crippen molar-refractivity contribution in [2.75, 3.05) is 0 Å². The summed E-state index contributed by atoms with van der Waals surface area (Å²) in [5, 5.41) is 24.6. The van der Waals surface area contributed by atoms with Crippen molar-refractivity contribution < 1.29 is 14.6 Å². The van der Waals surface area contributed by atoms with E-state index in [0.717, 1.165) is 23.1 Å². The minimum absolute atomic E-state index is 0.0232. The van der Waals surface area contributed by atoms with Gasteiger partial charge in [-0.25, -0.2) is 0 Å². The molecule has 1 amide bonds. The summed E-state index contributed by atoms with van der Waals surface area (Å²) in [4.78, 5) is 33.8. The van der Waals surface area contributed by atoms with E-state index in [9.17, 15) is 25.0 Å². The maximum Gasteiger partial charge on any atom is 0.277 e. The monoisotopic (exact) mass is 375 g/mol. The number of carbonyl (C=O) groups excluding carboxylic acids is 1. The minimum atomic E-state index is -0.763. The van der Waals surface area contributed by atoms with Gasteiger partial charge in [-0.15, -0.1) is 11.8 Å². The average molecular weight is 375 g/mol. The van der Waals surface area contributed by atoms with E-state index in [1.54, 1.807) is 11.8 Å². The molecule has 0 aliphatic carbocycles. The molecule has 0 spiro atoms. The molecule has 0 heterocycles. The molecule has 0 aliphatic heterocycles. The Kier molecular flexibility index (Phi) is 6.29. The molecule has 9 heteroatoms. The molecule has 0 bridgehead atoms. The van der Waals surface area contributed by atoms with Gasteiger partial charge in [0.05, 0.1) is 21.5 Å². The molecule has 26 heavy (non-hydrogen) atoms. The first-order valence-electron chi connectivity index (χ1n) is 7.74. The summed E-state index contributed by atoms with van der Waals surface area (Å²) in [6, 6.07) is 12.3. The van der Waals surface area contributed by atoms with Crippen LogP contribution in [0.3, 0.4) is 0 Å². The summed E-state index contributed by atoms with van der Waals surface area (Å²) in [7, 11) is 0. The lowest BCUT2D eigenvalue weighted by Crippen LogP contribution is -2.38. The second-order valence-electron chi connectivity index (χ2n) is 5.65. The fourth-order valence-corrected chi connectivity index (χ4v) is 3.18. The average Bonchev–Trinajstić information content (AvgIpc) is 2.61. The predicted octanol–water partition coefficient (Wildman–Crippen LogP) is 3.80. The van der Waals surface area contributed by atoms with Crippen LogP contribution in [0.1, 0.15) is 24.2 Å². The summed E-state index contributed by atoms with van der Waals surface area (Å²) in [6.45, 7) is 3.75. The van der Waals surface area contributed by atoms with Gasteiger partial charge in [-0.05, 0) is 19.1 Å². The third kappa shape index (κ3) is 5.03. The fourth-order valence-electron chi connectivity index (χ4n) is 2.16. The summed E-state index contributed by atoms with van der Waals surface area (Å²) in [5.74, 6) is -0.593. The number of carbonyl (C=O) groups is 1. The normalized spacial score (nSPS) is 12.8. The fraction of sp³-hybridized carbons (Fsp3) is 0.235. The van der Waals surface area contributed by atoms with Gasteiger partial charge in [0.25, 0.3) is 17.3 Å². The Morgan fingerprint density at radius 2 is 1.54 bits per heavy atom. The van der Waals surface area contributed by atoms with E-state index in [1.807, 2.05) is 44.2 Å². The van der Waals surface area contributed by atoms with Crippen LogP contribution in [0.15, 0.2) is 53.4 Å². The Morgan fingerprint density at radius 3 is 2.04 bits per heavy atom. The number of rotatable bonds is 7. The zero-order valence-electron chi connectivity index (χ0n) is 14.1. The molecule has 0 aliphatic rings. The molecule has 2 aromatic carbocycles. The molecule has 0 saturated heterocycles. The van der Waals surface area contributed by atoms with Crippen molar-refractivity contribution in [1.29, 1.82) is 0 Å². The number of nitro groups is 2. The van der Waals surface area contributed by atoms with E-state index in [0.29, 0.717) is 0 Å². The zero-order valence-corrected chi connectivity index (χ0v) is 14.9. The van der Waals surface area contributed by atoms with Gasteiger partial charge in [0.2, 0.25) is 0 Å². The van der Waals surface area contributed by atoms with Crippen LogP contribution in [0.25, 0.3) is 0 Å². The first-order valence-corrected chi connectivity index (χ1v) is 8.62. The Morgan fingerprint density at radius 1 is 1.00 bits per heavy atom. The zero-order chi connectivity index (χ0) is 19.3. The molecule has 0 aromatic heterocycles. The highest BCUT2D eigenvalue weighted by Gasteiger charge is 2.22. The second-order valence-corrected chi connectivity index (χ2v) is 7.10. The number of amides is 1. The van der Waals surface area contributed by atoms with Crippen LogP contribution >= 0.6 is 11.8 Å². The molecule has 2 aromatic rings. The van der Waals surface area contributed by atoms with Crippen molar-refractivity contribution in [2.24, 2.45) is 0 Å². The molecule has 0 saturated carbocycles. The lowest BCUT2D eigenvalue weighted by atomic mass is 10.1. The van der Waals surface area contributed by atoms with Gasteiger partial charge in [-0.1, -0.05) is 25.1 Å². The van der Waals surface area contributed by atoms with E-state index in [2.05, 4.69) is 5.32 Å². The summed E-state index contributed by atoms with van der Waals surface area (Å²) >= 11 is 1.57. The van der Waals surface area contributed by atoms with Crippen LogP contribution in [0, 0.1) is 20.2 Å². The molecule has 136 valence electrons. The van der Waals surface area contributed by atoms with Crippen LogP contribution < -0.4 is 5.32 Å². The van der Waals surface area contributed by atoms with Crippen LogP contribution in [0.5, 0.6) is 0 Å². The van der Waals surface area contributed by atoms with Crippen molar-refractivity contribution in [2.45, 2.75) is 30.0 Å². The molecule has 2 atom stereocenters. The lowest BCUT2D eigenvalue weighted by Gasteiger charge is -2.21. The Balaban J connectivity index is 2.13. The number of non-ortho nitro benzene ring substituents is 2. The number of nitrogens with one attached hydrogen (secondary N) is 1. The Bertz CT molecular complexity index is 796. The molecule has 0 radical (unpaired) electrons. The van der Waals surface area contributed by atoms with Gasteiger partial charge in [-0.3, -0.25) is 25.0 Å². The van der Waals surface area contributed by atoms with Crippen LogP contribution in [-0.2, 0) is 0 Å². The second kappa shape index (κ2) is 8.43. The molecular weight excluding hydrogens is 358 g/mol. The standard InChI is InChI=1S/C17H17N3O5S/c1-11(12(2)26-16-6-4-3-5-7-16)18-17(21)13-8-14(19(22)23)10-15(9-13)20(24)25/h3-12H,1-2H3,(H,18,21)/t11-,12-/m1/s1. The van der Waals surface area contributed by atoms with E-state index in [1.165, 1.54) is 0 Å². The summed E-state index contributed by atoms with van der Waals surface area (Å²) in [6.07, 6.45) is 0. The van der Waals surface area contributed by atoms with Gasteiger partial charge >= 0.3 is 0 Å². The van der Waals surface area contributed by atoms with Crippen molar-refractivity contribution in [3.8, 4) is 0 Å². The quantitative estimate of drug-likeness (QED) is 0.447. The first kappa shape index (κ1) is 19.4. The third-order valence-electron chi connectivity index (χ3n) is 3.71. The van der Waals surface area contributed by atoms with Crippen molar-refractivity contribution in [3.63, 3.8) is 0 Å². The highest BCUT2D eigenvalue weighted by Crippen LogP contribution is 2.26. The maximum atomic E-state index is 12.4. The van der Waals surface area contributed by atoms with Gasteiger partial charge in [0.15, 0.2) is 0 Å². The molecular formula is C17H17N3O5S. The molecule has 8 nitrogen and oxygen atoms in total. The molecule has 1 N–H and O–H groups in total. The van der Waals surface area contributed by atoms with Crippen molar-refractivity contribution >= 4 is 29.0 Å². The topological polar surface area (TPSA) is 115 Å². The molecule has 2 rings (SSSR count). The predicted molar refractivity (Wildman–Crippen MR) is 98.4 cm³/mol. The largest absolute Gasteiger partial charge is 0.348 e. The first-order chi connectivity index (χ1) is 12.3. The number of thioether (sulfide) groups is 1. The number of nitrogens with zero attached hydrogens (tertiary/aromatic N) is 2. The van der Waals surface area contributed by atoms with E-state index >= 15 is 0 Å². The van der Waals surface area contributed by atoms with Gasteiger partial charge in [0.1, 0.15) is 0 Å². The minimum Gasteiger partial charge on any atom is -0.348 e. The lowest BCUT2D eigenvalue weighted by molar-refractivity contribution is -0.394.